The number of anilines is 1. The zero-order valence-corrected chi connectivity index (χ0v) is 10.9. The Morgan fingerprint density at radius 1 is 1.16 bits per heavy atom. The lowest BCUT2D eigenvalue weighted by Gasteiger charge is -2.10. The van der Waals surface area contributed by atoms with E-state index in [0.717, 1.165) is 23.5 Å². The van der Waals surface area contributed by atoms with Crippen LogP contribution in [0.4, 0.5) is 5.69 Å². The van der Waals surface area contributed by atoms with Gasteiger partial charge in [0.05, 0.1) is 0 Å². The van der Waals surface area contributed by atoms with Gasteiger partial charge in [-0.15, -0.1) is 0 Å². The molecule has 0 bridgehead atoms. The van der Waals surface area contributed by atoms with Crippen LogP contribution in [0, 0.1) is 18.3 Å². The summed E-state index contributed by atoms with van der Waals surface area (Å²) < 4.78 is 5.28. The summed E-state index contributed by atoms with van der Waals surface area (Å²) in [5.74, 6) is 0.727. The Morgan fingerprint density at radius 3 is 2.79 bits per heavy atom. The van der Waals surface area contributed by atoms with Gasteiger partial charge < -0.3 is 10.1 Å². The summed E-state index contributed by atoms with van der Waals surface area (Å²) in [6.07, 6.45) is 0. The number of benzene rings is 2. The molecule has 3 nitrogen and oxygen atoms in total. The second-order valence-electron chi connectivity index (χ2n) is 4.26. The van der Waals surface area contributed by atoms with Crippen LogP contribution in [0.25, 0.3) is 0 Å². The number of ether oxygens (including phenoxy) is 1. The maximum absolute atomic E-state index is 8.49. The van der Waals surface area contributed by atoms with Crippen LogP contribution < -0.4 is 10.1 Å². The summed E-state index contributed by atoms with van der Waals surface area (Å²) in [4.78, 5) is 0. The van der Waals surface area contributed by atoms with Crippen LogP contribution in [-0.2, 0) is 6.54 Å². The van der Waals surface area contributed by atoms with Crippen molar-refractivity contribution in [2.75, 3.05) is 11.9 Å². The molecular weight excluding hydrogens is 236 g/mol. The van der Waals surface area contributed by atoms with Gasteiger partial charge in [0, 0.05) is 12.2 Å². The molecule has 0 aromatic heterocycles. The largest absolute Gasteiger partial charge is 0.479 e. The summed E-state index contributed by atoms with van der Waals surface area (Å²) in [5.41, 5.74) is 3.48. The van der Waals surface area contributed by atoms with E-state index >= 15 is 0 Å². The molecule has 0 amide bonds. The van der Waals surface area contributed by atoms with E-state index in [9.17, 15) is 0 Å². The number of hydrogen-bond donors (Lipinski definition) is 1. The van der Waals surface area contributed by atoms with Gasteiger partial charge in [-0.05, 0) is 36.2 Å². The number of para-hydroxylation sites is 1. The van der Waals surface area contributed by atoms with Crippen LogP contribution >= 0.6 is 0 Å². The normalized spacial score (nSPS) is 9.68. The third-order valence-electron chi connectivity index (χ3n) is 2.83. The summed E-state index contributed by atoms with van der Waals surface area (Å²) in [6, 6.07) is 17.9. The lowest BCUT2D eigenvalue weighted by Crippen LogP contribution is -2.01. The minimum Gasteiger partial charge on any atom is -0.479 e. The Labute approximate surface area is 113 Å². The highest BCUT2D eigenvalue weighted by Crippen LogP contribution is 2.17. The number of nitrogens with one attached hydrogen (secondary N) is 1. The molecule has 1 N–H and O–H groups in total. The number of nitriles is 1. The molecule has 0 atom stereocenters. The van der Waals surface area contributed by atoms with Crippen LogP contribution in [-0.4, -0.2) is 6.61 Å². The highest BCUT2D eigenvalue weighted by Gasteiger charge is 1.99. The van der Waals surface area contributed by atoms with Crippen molar-refractivity contribution in [3.63, 3.8) is 0 Å². The Morgan fingerprint density at radius 2 is 2.00 bits per heavy atom. The first-order chi connectivity index (χ1) is 9.29. The fraction of sp³-hybridized carbons (Fsp3) is 0.188. The van der Waals surface area contributed by atoms with Gasteiger partial charge in [0.1, 0.15) is 11.8 Å². The van der Waals surface area contributed by atoms with Crippen molar-refractivity contribution in [2.24, 2.45) is 0 Å². The molecule has 0 heterocycles. The van der Waals surface area contributed by atoms with Crippen LogP contribution in [0.2, 0.25) is 0 Å². The molecule has 0 fully saturated rings. The van der Waals surface area contributed by atoms with E-state index in [-0.39, 0.29) is 6.61 Å². The number of rotatable bonds is 5. The summed E-state index contributed by atoms with van der Waals surface area (Å²) in [5, 5.41) is 11.9. The van der Waals surface area contributed by atoms with Gasteiger partial charge in [-0.2, -0.15) is 5.26 Å². The number of hydrogen-bond acceptors (Lipinski definition) is 3. The monoisotopic (exact) mass is 252 g/mol. The predicted octanol–water partition coefficient (Wildman–Crippen LogP) is 3.51. The second kappa shape index (κ2) is 6.46. The summed E-state index contributed by atoms with van der Waals surface area (Å²) >= 11 is 0. The fourth-order valence-corrected chi connectivity index (χ4v) is 1.83. The van der Waals surface area contributed by atoms with Crippen molar-refractivity contribution in [3.8, 4) is 11.8 Å². The average Bonchev–Trinajstić information content (AvgIpc) is 2.45. The van der Waals surface area contributed by atoms with E-state index in [0.29, 0.717) is 0 Å². The maximum atomic E-state index is 8.49. The van der Waals surface area contributed by atoms with Crippen molar-refractivity contribution in [1.82, 2.24) is 0 Å². The predicted molar refractivity (Wildman–Crippen MR) is 76.1 cm³/mol. The SMILES string of the molecule is Cc1ccccc1NCc1cccc(OCC#N)c1. The van der Waals surface area contributed by atoms with E-state index in [4.69, 9.17) is 10.00 Å². The molecule has 0 unspecified atom stereocenters. The third kappa shape index (κ3) is 3.75. The summed E-state index contributed by atoms with van der Waals surface area (Å²) in [7, 11) is 0. The molecule has 0 radical (unpaired) electrons. The molecule has 0 saturated carbocycles. The van der Waals surface area contributed by atoms with E-state index in [1.807, 2.05) is 42.5 Å². The quantitative estimate of drug-likeness (QED) is 0.885. The minimum atomic E-state index is 0.0781. The molecule has 2 aromatic carbocycles. The second-order valence-corrected chi connectivity index (χ2v) is 4.26. The Hall–Kier alpha value is -2.47. The molecule has 96 valence electrons. The Balaban J connectivity index is 2.00. The first-order valence-electron chi connectivity index (χ1n) is 6.18. The molecule has 2 rings (SSSR count). The van der Waals surface area contributed by atoms with Crippen molar-refractivity contribution < 1.29 is 4.74 Å². The smallest absolute Gasteiger partial charge is 0.174 e. The van der Waals surface area contributed by atoms with Gasteiger partial charge in [-0.25, -0.2) is 0 Å². The molecular formula is C16H16N2O. The Kier molecular flexibility index (Phi) is 4.41. The van der Waals surface area contributed by atoms with Gasteiger partial charge in [0.25, 0.3) is 0 Å². The zero-order chi connectivity index (χ0) is 13.5. The molecule has 0 saturated heterocycles. The lowest BCUT2D eigenvalue weighted by atomic mass is 10.1. The highest BCUT2D eigenvalue weighted by molar-refractivity contribution is 5.50. The lowest BCUT2D eigenvalue weighted by molar-refractivity contribution is 0.368. The standard InChI is InChI=1S/C16H16N2O/c1-13-5-2-3-8-16(13)18-12-14-6-4-7-15(11-14)19-10-9-17/h2-8,11,18H,10,12H2,1H3. The van der Waals surface area contributed by atoms with Crippen molar-refractivity contribution in [2.45, 2.75) is 13.5 Å². The van der Waals surface area contributed by atoms with E-state index in [1.54, 1.807) is 0 Å². The van der Waals surface area contributed by atoms with Gasteiger partial charge in [-0.1, -0.05) is 30.3 Å². The first kappa shape index (κ1) is 13.0. The number of aryl methyl sites for hydroxylation is 1. The average molecular weight is 252 g/mol. The molecule has 0 spiro atoms. The van der Waals surface area contributed by atoms with Crippen molar-refractivity contribution in [3.05, 3.63) is 59.7 Å². The van der Waals surface area contributed by atoms with Gasteiger partial charge in [-0.3, -0.25) is 0 Å². The maximum Gasteiger partial charge on any atom is 0.174 e. The highest BCUT2D eigenvalue weighted by atomic mass is 16.5. The van der Waals surface area contributed by atoms with Crippen LogP contribution in [0.3, 0.4) is 0 Å². The van der Waals surface area contributed by atoms with Crippen molar-refractivity contribution >= 4 is 5.69 Å². The molecule has 2 aromatic rings. The zero-order valence-electron chi connectivity index (χ0n) is 10.9. The van der Waals surface area contributed by atoms with Crippen LogP contribution in [0.1, 0.15) is 11.1 Å². The molecule has 0 aliphatic carbocycles. The topological polar surface area (TPSA) is 45.0 Å². The fourth-order valence-electron chi connectivity index (χ4n) is 1.83. The molecule has 19 heavy (non-hydrogen) atoms. The minimum absolute atomic E-state index is 0.0781. The third-order valence-corrected chi connectivity index (χ3v) is 2.83. The summed E-state index contributed by atoms with van der Waals surface area (Å²) in [6.45, 7) is 2.89. The van der Waals surface area contributed by atoms with Crippen LogP contribution in [0.5, 0.6) is 5.75 Å². The van der Waals surface area contributed by atoms with Gasteiger partial charge >= 0.3 is 0 Å². The molecule has 0 aliphatic heterocycles. The van der Waals surface area contributed by atoms with E-state index < -0.39 is 0 Å². The van der Waals surface area contributed by atoms with E-state index in [1.165, 1.54) is 5.56 Å². The van der Waals surface area contributed by atoms with Crippen LogP contribution in [0.15, 0.2) is 48.5 Å². The van der Waals surface area contributed by atoms with E-state index in [2.05, 4.69) is 24.4 Å². The number of nitrogens with zero attached hydrogens (tertiary/aromatic N) is 1. The Bertz CT molecular complexity index is 587. The van der Waals surface area contributed by atoms with Gasteiger partial charge in [0.15, 0.2) is 6.61 Å². The van der Waals surface area contributed by atoms with Gasteiger partial charge in [0.2, 0.25) is 0 Å². The molecule has 3 heteroatoms. The first-order valence-corrected chi connectivity index (χ1v) is 6.18. The molecule has 0 aliphatic rings. The van der Waals surface area contributed by atoms with Crippen molar-refractivity contribution in [1.29, 1.82) is 5.26 Å².